The minimum absolute atomic E-state index is 0.250. The SMILES string of the molecule is C#Cc1ccc(N=Cc2ccc(F)cc2)cc1. The molecule has 0 saturated heterocycles. The van der Waals surface area contributed by atoms with E-state index in [0.29, 0.717) is 0 Å². The Morgan fingerprint density at radius 3 is 2.24 bits per heavy atom. The van der Waals surface area contributed by atoms with Gasteiger partial charge in [-0.05, 0) is 42.0 Å². The van der Waals surface area contributed by atoms with Crippen LogP contribution in [0, 0.1) is 18.2 Å². The van der Waals surface area contributed by atoms with Crippen LogP contribution in [-0.2, 0) is 0 Å². The van der Waals surface area contributed by atoms with Crippen molar-refractivity contribution in [1.29, 1.82) is 0 Å². The maximum Gasteiger partial charge on any atom is 0.123 e. The number of rotatable bonds is 2. The summed E-state index contributed by atoms with van der Waals surface area (Å²) >= 11 is 0. The highest BCUT2D eigenvalue weighted by molar-refractivity contribution is 5.81. The lowest BCUT2D eigenvalue weighted by Gasteiger charge is -1.95. The molecule has 82 valence electrons. The lowest BCUT2D eigenvalue weighted by atomic mass is 10.2. The summed E-state index contributed by atoms with van der Waals surface area (Å²) in [5.41, 5.74) is 2.49. The lowest BCUT2D eigenvalue weighted by Crippen LogP contribution is -1.81. The highest BCUT2D eigenvalue weighted by Gasteiger charge is 1.91. The van der Waals surface area contributed by atoms with Crippen LogP contribution in [0.3, 0.4) is 0 Å². The second-order valence-electron chi connectivity index (χ2n) is 3.50. The highest BCUT2D eigenvalue weighted by atomic mass is 19.1. The summed E-state index contributed by atoms with van der Waals surface area (Å²) in [5.74, 6) is 2.29. The van der Waals surface area contributed by atoms with Crippen molar-refractivity contribution >= 4 is 11.9 Å². The minimum Gasteiger partial charge on any atom is -0.256 e. The van der Waals surface area contributed by atoms with Crippen molar-refractivity contribution in [3.63, 3.8) is 0 Å². The van der Waals surface area contributed by atoms with E-state index in [1.807, 2.05) is 24.3 Å². The van der Waals surface area contributed by atoms with E-state index in [9.17, 15) is 4.39 Å². The smallest absolute Gasteiger partial charge is 0.123 e. The Morgan fingerprint density at radius 2 is 1.65 bits per heavy atom. The molecule has 2 aromatic carbocycles. The van der Waals surface area contributed by atoms with Crippen molar-refractivity contribution in [1.82, 2.24) is 0 Å². The second-order valence-corrected chi connectivity index (χ2v) is 3.50. The first-order valence-corrected chi connectivity index (χ1v) is 5.14. The Kier molecular flexibility index (Phi) is 3.32. The van der Waals surface area contributed by atoms with E-state index in [2.05, 4.69) is 10.9 Å². The quantitative estimate of drug-likeness (QED) is 0.545. The standard InChI is InChI=1S/C15H10FN/c1-2-12-5-9-15(10-6-12)17-11-13-3-7-14(16)8-4-13/h1,3-11H. The normalized spacial score (nSPS) is 10.4. The van der Waals surface area contributed by atoms with Gasteiger partial charge in [-0.2, -0.15) is 0 Å². The Labute approximate surface area is 99.6 Å². The van der Waals surface area contributed by atoms with Crippen molar-refractivity contribution in [3.05, 3.63) is 65.5 Å². The third kappa shape index (κ3) is 3.02. The number of nitrogens with zero attached hydrogens (tertiary/aromatic N) is 1. The summed E-state index contributed by atoms with van der Waals surface area (Å²) in [6.07, 6.45) is 6.94. The predicted molar refractivity (Wildman–Crippen MR) is 68.0 cm³/mol. The zero-order valence-corrected chi connectivity index (χ0v) is 9.10. The van der Waals surface area contributed by atoms with Crippen molar-refractivity contribution in [2.24, 2.45) is 4.99 Å². The molecule has 0 aliphatic rings. The number of halogens is 1. The largest absolute Gasteiger partial charge is 0.256 e. The topological polar surface area (TPSA) is 12.4 Å². The van der Waals surface area contributed by atoms with Gasteiger partial charge in [0.15, 0.2) is 0 Å². The molecule has 0 aliphatic heterocycles. The molecule has 2 rings (SSSR count). The molecule has 1 nitrogen and oxygen atoms in total. The van der Waals surface area contributed by atoms with Crippen LogP contribution in [0.15, 0.2) is 53.5 Å². The molecule has 0 fully saturated rings. The molecule has 0 amide bonds. The van der Waals surface area contributed by atoms with Crippen LogP contribution in [0.25, 0.3) is 0 Å². The fourth-order valence-electron chi connectivity index (χ4n) is 1.34. The molecule has 0 unspecified atom stereocenters. The molecule has 0 bridgehead atoms. The van der Waals surface area contributed by atoms with Gasteiger partial charge in [0.1, 0.15) is 5.82 Å². The summed E-state index contributed by atoms with van der Waals surface area (Å²) in [6.45, 7) is 0. The van der Waals surface area contributed by atoms with Gasteiger partial charge in [0.2, 0.25) is 0 Å². The van der Waals surface area contributed by atoms with E-state index in [1.165, 1.54) is 12.1 Å². The molecule has 2 heteroatoms. The van der Waals surface area contributed by atoms with E-state index in [4.69, 9.17) is 6.42 Å². The third-order valence-corrected chi connectivity index (χ3v) is 2.27. The van der Waals surface area contributed by atoms with E-state index >= 15 is 0 Å². The first-order chi connectivity index (χ1) is 8.28. The number of terminal acetylenes is 1. The molecule has 0 aliphatic carbocycles. The van der Waals surface area contributed by atoms with Gasteiger partial charge in [-0.15, -0.1) is 6.42 Å². The zero-order chi connectivity index (χ0) is 12.1. The van der Waals surface area contributed by atoms with Crippen molar-refractivity contribution in [2.75, 3.05) is 0 Å². The molecular weight excluding hydrogens is 213 g/mol. The van der Waals surface area contributed by atoms with E-state index in [1.54, 1.807) is 18.3 Å². The van der Waals surface area contributed by atoms with Gasteiger partial charge >= 0.3 is 0 Å². The Balaban J connectivity index is 2.14. The van der Waals surface area contributed by atoms with E-state index in [-0.39, 0.29) is 5.82 Å². The van der Waals surface area contributed by atoms with Crippen molar-refractivity contribution in [2.45, 2.75) is 0 Å². The van der Waals surface area contributed by atoms with Crippen molar-refractivity contribution in [3.8, 4) is 12.3 Å². The van der Waals surface area contributed by atoms with Gasteiger partial charge in [-0.25, -0.2) is 4.39 Å². The molecular formula is C15H10FN. The molecule has 2 aromatic rings. The molecule has 0 radical (unpaired) electrons. The number of hydrogen-bond acceptors (Lipinski definition) is 1. The van der Waals surface area contributed by atoms with Gasteiger partial charge in [0, 0.05) is 11.8 Å². The number of benzene rings is 2. The Hall–Kier alpha value is -2.40. The van der Waals surface area contributed by atoms with Crippen LogP contribution in [0.2, 0.25) is 0 Å². The van der Waals surface area contributed by atoms with E-state index < -0.39 is 0 Å². The molecule has 0 atom stereocenters. The average Bonchev–Trinajstić information content (AvgIpc) is 2.39. The molecule has 17 heavy (non-hydrogen) atoms. The maximum absolute atomic E-state index is 12.7. The maximum atomic E-state index is 12.7. The van der Waals surface area contributed by atoms with Crippen LogP contribution < -0.4 is 0 Å². The number of aliphatic imine (C=N–C) groups is 1. The van der Waals surface area contributed by atoms with Crippen LogP contribution in [0.5, 0.6) is 0 Å². The summed E-state index contributed by atoms with van der Waals surface area (Å²) in [4.78, 5) is 4.27. The Bertz CT molecular complexity index is 559. The van der Waals surface area contributed by atoms with Gasteiger partial charge in [0.05, 0.1) is 5.69 Å². The molecule has 0 spiro atoms. The second kappa shape index (κ2) is 5.09. The van der Waals surface area contributed by atoms with Crippen LogP contribution in [0.4, 0.5) is 10.1 Å². The predicted octanol–water partition coefficient (Wildman–Crippen LogP) is 3.56. The molecule has 0 saturated carbocycles. The molecule has 0 heterocycles. The average molecular weight is 223 g/mol. The van der Waals surface area contributed by atoms with Crippen molar-refractivity contribution < 1.29 is 4.39 Å². The van der Waals surface area contributed by atoms with E-state index in [0.717, 1.165) is 16.8 Å². The fraction of sp³-hybridized carbons (Fsp3) is 0. The molecule has 0 aromatic heterocycles. The number of hydrogen-bond donors (Lipinski definition) is 0. The lowest BCUT2D eigenvalue weighted by molar-refractivity contribution is 0.628. The third-order valence-electron chi connectivity index (χ3n) is 2.27. The van der Waals surface area contributed by atoms with Crippen LogP contribution in [-0.4, -0.2) is 6.21 Å². The summed E-state index contributed by atoms with van der Waals surface area (Å²) in [5, 5.41) is 0. The first kappa shape index (κ1) is 11.1. The zero-order valence-electron chi connectivity index (χ0n) is 9.10. The van der Waals surface area contributed by atoms with Crippen LogP contribution in [0.1, 0.15) is 11.1 Å². The first-order valence-electron chi connectivity index (χ1n) is 5.14. The summed E-state index contributed by atoms with van der Waals surface area (Å²) < 4.78 is 12.7. The van der Waals surface area contributed by atoms with Gasteiger partial charge in [-0.3, -0.25) is 4.99 Å². The van der Waals surface area contributed by atoms with Gasteiger partial charge in [-0.1, -0.05) is 18.1 Å². The molecule has 0 N–H and O–H groups in total. The van der Waals surface area contributed by atoms with Gasteiger partial charge in [0.25, 0.3) is 0 Å². The summed E-state index contributed by atoms with van der Waals surface area (Å²) in [6, 6.07) is 13.5. The summed E-state index contributed by atoms with van der Waals surface area (Å²) in [7, 11) is 0. The fourth-order valence-corrected chi connectivity index (χ4v) is 1.34. The minimum atomic E-state index is -0.250. The van der Waals surface area contributed by atoms with Gasteiger partial charge < -0.3 is 0 Å². The highest BCUT2D eigenvalue weighted by Crippen LogP contribution is 2.12. The monoisotopic (exact) mass is 223 g/mol. The van der Waals surface area contributed by atoms with Crippen LogP contribution >= 0.6 is 0 Å². The Morgan fingerprint density at radius 1 is 1.00 bits per heavy atom.